The highest BCUT2D eigenvalue weighted by Crippen LogP contribution is 2.21. The van der Waals surface area contributed by atoms with E-state index in [9.17, 15) is 9.59 Å². The van der Waals surface area contributed by atoms with E-state index in [-0.39, 0.29) is 11.8 Å². The van der Waals surface area contributed by atoms with Gasteiger partial charge in [-0.15, -0.1) is 0 Å². The molecule has 5 nitrogen and oxygen atoms in total. The number of amides is 2. The molecule has 2 N–H and O–H groups in total. The summed E-state index contributed by atoms with van der Waals surface area (Å²) in [6, 6.07) is 7.45. The van der Waals surface area contributed by atoms with Crippen molar-refractivity contribution in [1.82, 2.24) is 15.5 Å². The smallest absolute Gasteiger partial charge is 0.251 e. The molecule has 0 aromatic heterocycles. The lowest BCUT2D eigenvalue weighted by Gasteiger charge is -2.36. The molecule has 1 aliphatic carbocycles. The monoisotopic (exact) mass is 419 g/mol. The van der Waals surface area contributed by atoms with Crippen molar-refractivity contribution in [2.45, 2.75) is 76.9 Å². The summed E-state index contributed by atoms with van der Waals surface area (Å²) < 4.78 is 0. The van der Waals surface area contributed by atoms with Gasteiger partial charge in [-0.1, -0.05) is 38.3 Å². The molecular formula is C23H34ClN3O2. The van der Waals surface area contributed by atoms with E-state index in [4.69, 9.17) is 11.6 Å². The topological polar surface area (TPSA) is 61.4 Å². The van der Waals surface area contributed by atoms with Crippen LogP contribution in [0.25, 0.3) is 0 Å². The standard InChI is InChI=1S/C23H34ClN3O2/c1-16(2)15-21(26-22(28)17-7-9-18(24)10-8-17)23(29)27-13-11-20(12-14-27)25-19-5-3-4-6-19/h7-10,16,19-21,25H,3-6,11-15H2,1-2H3,(H,26,28). The molecule has 6 heteroatoms. The normalized spacial score (nSPS) is 19.5. The molecule has 2 fully saturated rings. The molecule has 160 valence electrons. The zero-order chi connectivity index (χ0) is 20.8. The Morgan fingerprint density at radius 2 is 1.62 bits per heavy atom. The summed E-state index contributed by atoms with van der Waals surface area (Å²) in [7, 11) is 0. The van der Waals surface area contributed by atoms with Crippen LogP contribution in [0.1, 0.15) is 69.2 Å². The Hall–Kier alpha value is -1.59. The van der Waals surface area contributed by atoms with Gasteiger partial charge in [0.05, 0.1) is 0 Å². The molecule has 1 aromatic carbocycles. The molecule has 0 radical (unpaired) electrons. The summed E-state index contributed by atoms with van der Waals surface area (Å²) >= 11 is 5.91. The molecule has 1 heterocycles. The predicted octanol–water partition coefficient (Wildman–Crippen LogP) is 4.01. The van der Waals surface area contributed by atoms with E-state index in [1.807, 2.05) is 4.90 Å². The fraction of sp³-hybridized carbons (Fsp3) is 0.652. The Labute approximate surface area is 179 Å². The first-order valence-corrected chi connectivity index (χ1v) is 11.4. The lowest BCUT2D eigenvalue weighted by atomic mass is 9.99. The Morgan fingerprint density at radius 3 is 2.21 bits per heavy atom. The van der Waals surface area contributed by atoms with Crippen molar-refractivity contribution in [3.8, 4) is 0 Å². The van der Waals surface area contributed by atoms with E-state index >= 15 is 0 Å². The number of hydrogen-bond donors (Lipinski definition) is 2. The lowest BCUT2D eigenvalue weighted by Crippen LogP contribution is -2.53. The molecule has 1 unspecified atom stereocenters. The molecular weight excluding hydrogens is 386 g/mol. The summed E-state index contributed by atoms with van der Waals surface area (Å²) in [6.45, 7) is 5.67. The van der Waals surface area contributed by atoms with Crippen LogP contribution in [0.3, 0.4) is 0 Å². The number of rotatable bonds is 7. The van der Waals surface area contributed by atoms with Crippen LogP contribution in [0.5, 0.6) is 0 Å². The molecule has 2 aliphatic rings. The van der Waals surface area contributed by atoms with Crippen LogP contribution in [0.15, 0.2) is 24.3 Å². The summed E-state index contributed by atoms with van der Waals surface area (Å²) in [5.74, 6) is 0.134. The van der Waals surface area contributed by atoms with Crippen LogP contribution in [0.2, 0.25) is 5.02 Å². The van der Waals surface area contributed by atoms with Crippen molar-refractivity contribution in [3.63, 3.8) is 0 Å². The number of carbonyl (C=O) groups excluding carboxylic acids is 2. The average Bonchev–Trinajstić information content (AvgIpc) is 3.20. The molecule has 3 rings (SSSR count). The summed E-state index contributed by atoms with van der Waals surface area (Å²) in [5, 5.41) is 7.33. The van der Waals surface area contributed by atoms with Crippen molar-refractivity contribution in [2.24, 2.45) is 5.92 Å². The van der Waals surface area contributed by atoms with Crippen molar-refractivity contribution in [2.75, 3.05) is 13.1 Å². The summed E-state index contributed by atoms with van der Waals surface area (Å²) in [5.41, 5.74) is 0.524. The molecule has 29 heavy (non-hydrogen) atoms. The van der Waals surface area contributed by atoms with E-state index in [0.29, 0.717) is 35.0 Å². The van der Waals surface area contributed by atoms with E-state index in [1.165, 1.54) is 25.7 Å². The van der Waals surface area contributed by atoms with Crippen LogP contribution in [-0.4, -0.2) is 47.9 Å². The minimum absolute atomic E-state index is 0.0420. The second-order valence-electron chi connectivity index (χ2n) is 8.91. The van der Waals surface area contributed by atoms with Gasteiger partial charge in [-0.05, 0) is 62.3 Å². The summed E-state index contributed by atoms with van der Waals surface area (Å²) in [4.78, 5) is 27.8. The van der Waals surface area contributed by atoms with Gasteiger partial charge in [0.25, 0.3) is 5.91 Å². The molecule has 0 spiro atoms. The van der Waals surface area contributed by atoms with Gasteiger partial charge in [-0.3, -0.25) is 9.59 Å². The number of hydrogen-bond acceptors (Lipinski definition) is 3. The number of halogens is 1. The maximum atomic E-state index is 13.2. The van der Waals surface area contributed by atoms with Crippen LogP contribution in [0, 0.1) is 5.92 Å². The van der Waals surface area contributed by atoms with Gasteiger partial charge in [-0.25, -0.2) is 0 Å². The lowest BCUT2D eigenvalue weighted by molar-refractivity contribution is -0.134. The third-order valence-corrected chi connectivity index (χ3v) is 6.30. The second-order valence-corrected chi connectivity index (χ2v) is 9.35. The fourth-order valence-electron chi connectivity index (χ4n) is 4.45. The van der Waals surface area contributed by atoms with Crippen molar-refractivity contribution in [1.29, 1.82) is 0 Å². The third-order valence-electron chi connectivity index (χ3n) is 6.05. The first-order chi connectivity index (χ1) is 13.9. The molecule has 1 aliphatic heterocycles. The highest BCUT2D eigenvalue weighted by atomic mass is 35.5. The van der Waals surface area contributed by atoms with Crippen LogP contribution >= 0.6 is 11.6 Å². The zero-order valence-electron chi connectivity index (χ0n) is 17.6. The van der Waals surface area contributed by atoms with Gasteiger partial charge < -0.3 is 15.5 Å². The zero-order valence-corrected chi connectivity index (χ0v) is 18.4. The van der Waals surface area contributed by atoms with Gasteiger partial charge in [-0.2, -0.15) is 0 Å². The quantitative estimate of drug-likeness (QED) is 0.701. The Balaban J connectivity index is 1.55. The number of benzene rings is 1. The summed E-state index contributed by atoms with van der Waals surface area (Å²) in [6.07, 6.45) is 7.85. The number of likely N-dealkylation sites (tertiary alicyclic amines) is 1. The van der Waals surface area contributed by atoms with E-state index in [0.717, 1.165) is 25.9 Å². The van der Waals surface area contributed by atoms with E-state index in [2.05, 4.69) is 24.5 Å². The van der Waals surface area contributed by atoms with E-state index < -0.39 is 6.04 Å². The Kier molecular flexibility index (Phi) is 7.96. The van der Waals surface area contributed by atoms with Gasteiger partial charge in [0.15, 0.2) is 0 Å². The predicted molar refractivity (Wildman–Crippen MR) is 117 cm³/mol. The SMILES string of the molecule is CC(C)CC(NC(=O)c1ccc(Cl)cc1)C(=O)N1CCC(NC2CCCC2)CC1. The minimum Gasteiger partial charge on any atom is -0.341 e. The number of piperidine rings is 1. The van der Waals surface area contributed by atoms with Crippen LogP contribution < -0.4 is 10.6 Å². The highest BCUT2D eigenvalue weighted by molar-refractivity contribution is 6.30. The fourth-order valence-corrected chi connectivity index (χ4v) is 4.57. The van der Waals surface area contributed by atoms with Gasteiger partial charge in [0.1, 0.15) is 6.04 Å². The maximum absolute atomic E-state index is 13.2. The largest absolute Gasteiger partial charge is 0.341 e. The number of nitrogens with one attached hydrogen (secondary N) is 2. The van der Waals surface area contributed by atoms with Crippen LogP contribution in [-0.2, 0) is 4.79 Å². The van der Waals surface area contributed by atoms with Crippen molar-refractivity contribution < 1.29 is 9.59 Å². The molecule has 1 saturated carbocycles. The molecule has 2 amide bonds. The molecule has 1 atom stereocenters. The first kappa shape index (κ1) is 22.1. The molecule has 1 aromatic rings. The first-order valence-electron chi connectivity index (χ1n) is 11.0. The highest BCUT2D eigenvalue weighted by Gasteiger charge is 2.31. The number of carbonyl (C=O) groups is 2. The van der Waals surface area contributed by atoms with Gasteiger partial charge in [0.2, 0.25) is 5.91 Å². The average molecular weight is 420 g/mol. The van der Waals surface area contributed by atoms with Gasteiger partial charge >= 0.3 is 0 Å². The van der Waals surface area contributed by atoms with Gasteiger partial charge in [0, 0.05) is 35.8 Å². The minimum atomic E-state index is -0.488. The Bertz CT molecular complexity index is 678. The van der Waals surface area contributed by atoms with Crippen LogP contribution in [0.4, 0.5) is 0 Å². The number of nitrogens with zero attached hydrogens (tertiary/aromatic N) is 1. The third kappa shape index (κ3) is 6.45. The molecule has 1 saturated heterocycles. The van der Waals surface area contributed by atoms with E-state index in [1.54, 1.807) is 24.3 Å². The second kappa shape index (κ2) is 10.4. The van der Waals surface area contributed by atoms with Crippen molar-refractivity contribution in [3.05, 3.63) is 34.9 Å². The maximum Gasteiger partial charge on any atom is 0.251 e. The molecule has 0 bridgehead atoms. The Morgan fingerprint density at radius 1 is 1.03 bits per heavy atom. The van der Waals surface area contributed by atoms with Crippen molar-refractivity contribution >= 4 is 23.4 Å².